The first-order chi connectivity index (χ1) is 8.60. The predicted octanol–water partition coefficient (Wildman–Crippen LogP) is 4.23. The third-order valence-electron chi connectivity index (χ3n) is 3.82. The first-order valence-electron chi connectivity index (χ1n) is 7.21. The SMILES string of the molecule is CCCCN(C(C)CC)C(C)c1cccc(N)c1. The van der Waals surface area contributed by atoms with Gasteiger partial charge in [0.2, 0.25) is 0 Å². The lowest BCUT2D eigenvalue weighted by Gasteiger charge is -2.34. The summed E-state index contributed by atoms with van der Waals surface area (Å²) in [5, 5.41) is 0. The molecule has 2 N–H and O–H groups in total. The van der Waals surface area contributed by atoms with Crippen molar-refractivity contribution in [2.45, 2.75) is 59.0 Å². The zero-order valence-electron chi connectivity index (χ0n) is 12.3. The van der Waals surface area contributed by atoms with Crippen molar-refractivity contribution in [3.63, 3.8) is 0 Å². The van der Waals surface area contributed by atoms with Gasteiger partial charge in [0.15, 0.2) is 0 Å². The van der Waals surface area contributed by atoms with Crippen LogP contribution in [0.2, 0.25) is 0 Å². The van der Waals surface area contributed by atoms with Crippen molar-refractivity contribution in [2.75, 3.05) is 12.3 Å². The molecule has 0 amide bonds. The number of unbranched alkanes of at least 4 members (excludes halogenated alkanes) is 1. The van der Waals surface area contributed by atoms with E-state index in [1.54, 1.807) is 0 Å². The van der Waals surface area contributed by atoms with Crippen LogP contribution >= 0.6 is 0 Å². The Morgan fingerprint density at radius 1 is 1.22 bits per heavy atom. The minimum Gasteiger partial charge on any atom is -0.399 e. The first-order valence-corrected chi connectivity index (χ1v) is 7.21. The lowest BCUT2D eigenvalue weighted by molar-refractivity contribution is 0.147. The van der Waals surface area contributed by atoms with Crippen molar-refractivity contribution in [1.82, 2.24) is 4.90 Å². The van der Waals surface area contributed by atoms with Crippen LogP contribution in [0, 0.1) is 0 Å². The van der Waals surface area contributed by atoms with Crippen molar-refractivity contribution in [1.29, 1.82) is 0 Å². The fraction of sp³-hybridized carbons (Fsp3) is 0.625. The summed E-state index contributed by atoms with van der Waals surface area (Å²) in [7, 11) is 0. The number of nitrogens with two attached hydrogens (primary N) is 1. The quantitative estimate of drug-likeness (QED) is 0.732. The van der Waals surface area contributed by atoms with Crippen LogP contribution in [0.1, 0.15) is 58.6 Å². The second kappa shape index (κ2) is 7.42. The largest absolute Gasteiger partial charge is 0.399 e. The maximum atomic E-state index is 5.89. The Labute approximate surface area is 112 Å². The van der Waals surface area contributed by atoms with Crippen molar-refractivity contribution in [2.24, 2.45) is 0 Å². The number of anilines is 1. The number of hydrogen-bond donors (Lipinski definition) is 1. The van der Waals surface area contributed by atoms with Gasteiger partial charge in [-0.25, -0.2) is 0 Å². The van der Waals surface area contributed by atoms with Crippen LogP contribution in [0.3, 0.4) is 0 Å². The zero-order valence-corrected chi connectivity index (χ0v) is 12.3. The molecule has 0 aliphatic rings. The number of nitrogen functional groups attached to an aromatic ring is 1. The zero-order chi connectivity index (χ0) is 13.5. The van der Waals surface area contributed by atoms with E-state index in [-0.39, 0.29) is 0 Å². The Bertz CT molecular complexity index is 349. The normalized spacial score (nSPS) is 14.7. The van der Waals surface area contributed by atoms with Crippen molar-refractivity contribution >= 4 is 5.69 Å². The summed E-state index contributed by atoms with van der Waals surface area (Å²) in [4.78, 5) is 2.60. The molecule has 0 aliphatic carbocycles. The Morgan fingerprint density at radius 3 is 2.50 bits per heavy atom. The van der Waals surface area contributed by atoms with Gasteiger partial charge in [-0.3, -0.25) is 4.90 Å². The van der Waals surface area contributed by atoms with Gasteiger partial charge in [-0.1, -0.05) is 32.4 Å². The van der Waals surface area contributed by atoms with E-state index in [1.165, 1.54) is 31.4 Å². The minimum absolute atomic E-state index is 0.440. The second-order valence-corrected chi connectivity index (χ2v) is 5.19. The van der Waals surface area contributed by atoms with Gasteiger partial charge in [-0.05, 0) is 50.9 Å². The predicted molar refractivity (Wildman–Crippen MR) is 80.6 cm³/mol. The lowest BCUT2D eigenvalue weighted by Crippen LogP contribution is -2.35. The fourth-order valence-corrected chi connectivity index (χ4v) is 2.38. The van der Waals surface area contributed by atoms with Crippen molar-refractivity contribution in [3.8, 4) is 0 Å². The van der Waals surface area contributed by atoms with Gasteiger partial charge in [0.25, 0.3) is 0 Å². The fourth-order valence-electron chi connectivity index (χ4n) is 2.38. The first kappa shape index (κ1) is 15.0. The van der Waals surface area contributed by atoms with E-state index in [0.717, 1.165) is 5.69 Å². The molecule has 2 unspecified atom stereocenters. The Kier molecular flexibility index (Phi) is 6.20. The van der Waals surface area contributed by atoms with E-state index in [2.05, 4.69) is 50.8 Å². The molecular formula is C16H28N2. The highest BCUT2D eigenvalue weighted by Gasteiger charge is 2.19. The average molecular weight is 248 g/mol. The number of rotatable bonds is 7. The van der Waals surface area contributed by atoms with Crippen LogP contribution in [-0.2, 0) is 0 Å². The molecule has 2 atom stereocenters. The molecule has 1 aromatic carbocycles. The van der Waals surface area contributed by atoms with Gasteiger partial charge >= 0.3 is 0 Å². The van der Waals surface area contributed by atoms with Crippen LogP contribution in [0.4, 0.5) is 5.69 Å². The average Bonchev–Trinajstić information content (AvgIpc) is 2.38. The topological polar surface area (TPSA) is 29.3 Å². The molecule has 0 radical (unpaired) electrons. The highest BCUT2D eigenvalue weighted by Crippen LogP contribution is 2.25. The molecule has 0 saturated carbocycles. The van der Waals surface area contributed by atoms with Gasteiger partial charge in [0.1, 0.15) is 0 Å². The Morgan fingerprint density at radius 2 is 1.94 bits per heavy atom. The molecule has 18 heavy (non-hydrogen) atoms. The molecule has 0 saturated heterocycles. The van der Waals surface area contributed by atoms with Gasteiger partial charge < -0.3 is 5.73 Å². The second-order valence-electron chi connectivity index (χ2n) is 5.19. The molecule has 0 heterocycles. The molecule has 1 aromatic rings. The van der Waals surface area contributed by atoms with E-state index in [0.29, 0.717) is 12.1 Å². The molecular weight excluding hydrogens is 220 g/mol. The van der Waals surface area contributed by atoms with E-state index in [1.807, 2.05) is 6.07 Å². The summed E-state index contributed by atoms with van der Waals surface area (Å²) in [6, 6.07) is 9.35. The monoisotopic (exact) mass is 248 g/mol. The molecule has 2 nitrogen and oxygen atoms in total. The highest BCUT2D eigenvalue weighted by molar-refractivity contribution is 5.41. The van der Waals surface area contributed by atoms with E-state index >= 15 is 0 Å². The van der Waals surface area contributed by atoms with Crippen LogP contribution in [0.5, 0.6) is 0 Å². The van der Waals surface area contributed by atoms with Crippen LogP contribution in [-0.4, -0.2) is 17.5 Å². The summed E-state index contributed by atoms with van der Waals surface area (Å²) >= 11 is 0. The molecule has 0 aliphatic heterocycles. The van der Waals surface area contributed by atoms with Crippen LogP contribution < -0.4 is 5.73 Å². The van der Waals surface area contributed by atoms with E-state index in [9.17, 15) is 0 Å². The van der Waals surface area contributed by atoms with Crippen LogP contribution in [0.15, 0.2) is 24.3 Å². The Hall–Kier alpha value is -1.02. The molecule has 2 heteroatoms. The standard InChI is InChI=1S/C16H28N2/c1-5-7-11-18(13(3)6-2)14(4)15-9-8-10-16(17)12-15/h8-10,12-14H,5-7,11,17H2,1-4H3. The third kappa shape index (κ3) is 4.02. The molecule has 0 fully saturated rings. The summed E-state index contributed by atoms with van der Waals surface area (Å²) < 4.78 is 0. The smallest absolute Gasteiger partial charge is 0.0323 e. The van der Waals surface area contributed by atoms with Crippen molar-refractivity contribution < 1.29 is 0 Å². The molecule has 0 aromatic heterocycles. The highest BCUT2D eigenvalue weighted by atomic mass is 15.2. The number of nitrogens with zero attached hydrogens (tertiary/aromatic N) is 1. The number of hydrogen-bond acceptors (Lipinski definition) is 2. The van der Waals surface area contributed by atoms with Gasteiger partial charge in [-0.2, -0.15) is 0 Å². The molecule has 0 bridgehead atoms. The molecule has 1 rings (SSSR count). The minimum atomic E-state index is 0.440. The van der Waals surface area contributed by atoms with Gasteiger partial charge in [0.05, 0.1) is 0 Å². The summed E-state index contributed by atoms with van der Waals surface area (Å²) in [6.07, 6.45) is 3.70. The van der Waals surface area contributed by atoms with Gasteiger partial charge in [-0.15, -0.1) is 0 Å². The van der Waals surface area contributed by atoms with E-state index < -0.39 is 0 Å². The maximum Gasteiger partial charge on any atom is 0.0323 e. The van der Waals surface area contributed by atoms with Crippen LogP contribution in [0.25, 0.3) is 0 Å². The van der Waals surface area contributed by atoms with E-state index in [4.69, 9.17) is 5.73 Å². The summed E-state index contributed by atoms with van der Waals surface area (Å²) in [6.45, 7) is 10.3. The van der Waals surface area contributed by atoms with Gasteiger partial charge in [0, 0.05) is 17.8 Å². The molecule has 102 valence electrons. The summed E-state index contributed by atoms with van der Waals surface area (Å²) in [5.41, 5.74) is 8.07. The maximum absolute atomic E-state index is 5.89. The Balaban J connectivity index is 2.83. The van der Waals surface area contributed by atoms with Crippen molar-refractivity contribution in [3.05, 3.63) is 29.8 Å². The lowest BCUT2D eigenvalue weighted by atomic mass is 10.0. The molecule has 0 spiro atoms. The third-order valence-corrected chi connectivity index (χ3v) is 3.82. The number of benzene rings is 1. The summed E-state index contributed by atoms with van der Waals surface area (Å²) in [5.74, 6) is 0.